The lowest BCUT2D eigenvalue weighted by Crippen LogP contribution is -2.44. The maximum atomic E-state index is 12.7. The van der Waals surface area contributed by atoms with Gasteiger partial charge in [-0.15, -0.1) is 0 Å². The summed E-state index contributed by atoms with van der Waals surface area (Å²) in [4.78, 5) is 26.8. The van der Waals surface area contributed by atoms with Crippen LogP contribution in [-0.4, -0.2) is 24.5 Å². The Hall–Kier alpha value is -3.80. The predicted molar refractivity (Wildman–Crippen MR) is 124 cm³/mol. The molecule has 0 aliphatic carbocycles. The molecule has 0 spiro atoms. The van der Waals surface area contributed by atoms with Crippen LogP contribution in [0.2, 0.25) is 0 Å². The highest BCUT2D eigenvalue weighted by atomic mass is 16.5. The Morgan fingerprint density at radius 2 is 1.81 bits per heavy atom. The molecule has 0 saturated heterocycles. The van der Waals surface area contributed by atoms with Gasteiger partial charge in [0.15, 0.2) is 12.7 Å². The van der Waals surface area contributed by atoms with Gasteiger partial charge in [-0.25, -0.2) is 0 Å². The van der Waals surface area contributed by atoms with Gasteiger partial charge in [-0.1, -0.05) is 49.4 Å². The van der Waals surface area contributed by atoms with Crippen molar-refractivity contribution >= 4 is 23.2 Å². The molecule has 0 bridgehead atoms. The molecule has 0 radical (unpaired) electrons. The average Bonchev–Trinajstić information content (AvgIpc) is 2.81. The van der Waals surface area contributed by atoms with E-state index in [1.807, 2.05) is 54.6 Å². The second-order valence-electron chi connectivity index (χ2n) is 7.69. The number of hydrogen-bond acceptors (Lipinski definition) is 4. The Morgan fingerprint density at radius 1 is 1.03 bits per heavy atom. The van der Waals surface area contributed by atoms with Gasteiger partial charge in [0, 0.05) is 11.8 Å². The minimum absolute atomic E-state index is 0.0964. The van der Waals surface area contributed by atoms with Crippen molar-refractivity contribution in [3.63, 3.8) is 0 Å². The summed E-state index contributed by atoms with van der Waals surface area (Å²) < 4.78 is 11.4. The van der Waals surface area contributed by atoms with E-state index in [-0.39, 0.29) is 18.4 Å². The Morgan fingerprint density at radius 3 is 2.59 bits per heavy atom. The first-order valence-corrected chi connectivity index (χ1v) is 10.7. The number of amides is 2. The molecule has 3 aromatic rings. The van der Waals surface area contributed by atoms with Gasteiger partial charge < -0.3 is 19.7 Å². The van der Waals surface area contributed by atoms with E-state index >= 15 is 0 Å². The number of carbonyl (C=O) groups is 2. The smallest absolute Gasteiger partial charge is 0.268 e. The van der Waals surface area contributed by atoms with Crippen molar-refractivity contribution in [2.75, 3.05) is 16.8 Å². The van der Waals surface area contributed by atoms with Crippen LogP contribution in [0.15, 0.2) is 72.8 Å². The van der Waals surface area contributed by atoms with Gasteiger partial charge in [-0.3, -0.25) is 9.59 Å². The minimum Gasteiger partial charge on any atom is -0.484 e. The van der Waals surface area contributed by atoms with E-state index in [2.05, 4.69) is 12.2 Å². The van der Waals surface area contributed by atoms with Gasteiger partial charge in [-0.05, 0) is 48.7 Å². The molecule has 0 fully saturated rings. The fraction of sp³-hybridized carbons (Fsp3) is 0.231. The van der Waals surface area contributed by atoms with Gasteiger partial charge in [-0.2, -0.15) is 0 Å². The molecule has 1 heterocycles. The summed E-state index contributed by atoms with van der Waals surface area (Å²) >= 11 is 0. The van der Waals surface area contributed by atoms with E-state index in [0.29, 0.717) is 29.4 Å². The van der Waals surface area contributed by atoms with Crippen molar-refractivity contribution in [3.05, 3.63) is 83.9 Å². The van der Waals surface area contributed by atoms with Gasteiger partial charge >= 0.3 is 0 Å². The van der Waals surface area contributed by atoms with Crippen molar-refractivity contribution in [2.24, 2.45) is 0 Å². The van der Waals surface area contributed by atoms with Gasteiger partial charge in [0.05, 0.1) is 12.2 Å². The normalized spacial score (nSPS) is 15.0. The Bertz CT molecular complexity index is 1110. The Balaban J connectivity index is 1.45. The van der Waals surface area contributed by atoms with E-state index in [9.17, 15) is 9.59 Å². The van der Waals surface area contributed by atoms with Crippen molar-refractivity contribution in [3.8, 4) is 11.5 Å². The second-order valence-corrected chi connectivity index (χ2v) is 7.69. The lowest BCUT2D eigenvalue weighted by Gasteiger charge is -2.33. The van der Waals surface area contributed by atoms with Crippen LogP contribution in [0, 0.1) is 0 Å². The molecule has 164 valence electrons. The van der Waals surface area contributed by atoms with Crippen LogP contribution in [0.1, 0.15) is 25.0 Å². The monoisotopic (exact) mass is 430 g/mol. The lowest BCUT2D eigenvalue weighted by atomic mass is 10.1. The van der Waals surface area contributed by atoms with Crippen LogP contribution in [0.5, 0.6) is 11.5 Å². The van der Waals surface area contributed by atoms with Crippen LogP contribution >= 0.6 is 0 Å². The molecule has 3 aromatic carbocycles. The zero-order chi connectivity index (χ0) is 22.5. The molecule has 6 heteroatoms. The molecule has 6 nitrogen and oxygen atoms in total. The molecule has 0 saturated carbocycles. The first kappa shape index (κ1) is 21.4. The quantitative estimate of drug-likeness (QED) is 0.596. The molecule has 1 aliphatic rings. The summed E-state index contributed by atoms with van der Waals surface area (Å²) in [6.07, 6.45) is 0.298. The summed E-state index contributed by atoms with van der Waals surface area (Å²) in [7, 11) is 0. The predicted octanol–water partition coefficient (Wildman–Crippen LogP) is 4.58. The lowest BCUT2D eigenvalue weighted by molar-refractivity contribution is -0.125. The molecular formula is C26H26N2O4. The molecule has 1 atom stereocenters. The third-order valence-corrected chi connectivity index (χ3v) is 5.31. The Kier molecular flexibility index (Phi) is 6.40. The van der Waals surface area contributed by atoms with Crippen molar-refractivity contribution < 1.29 is 19.1 Å². The molecule has 32 heavy (non-hydrogen) atoms. The van der Waals surface area contributed by atoms with Crippen LogP contribution in [0.4, 0.5) is 11.4 Å². The SMILES string of the molecule is CCc1cccc(OCC(=O)Nc2ccc3c(c2)OC(C)C(=O)N3Cc2ccccc2)c1. The largest absolute Gasteiger partial charge is 0.484 e. The fourth-order valence-electron chi connectivity index (χ4n) is 3.62. The van der Waals surface area contributed by atoms with E-state index in [0.717, 1.165) is 17.5 Å². The van der Waals surface area contributed by atoms with Gasteiger partial charge in [0.2, 0.25) is 0 Å². The van der Waals surface area contributed by atoms with Crippen LogP contribution in [0.25, 0.3) is 0 Å². The average molecular weight is 431 g/mol. The summed E-state index contributed by atoms with van der Waals surface area (Å²) in [5.41, 5.74) is 3.45. The van der Waals surface area contributed by atoms with Gasteiger partial charge in [0.1, 0.15) is 11.5 Å². The number of anilines is 2. The van der Waals surface area contributed by atoms with E-state index < -0.39 is 6.10 Å². The van der Waals surface area contributed by atoms with Crippen LogP contribution < -0.4 is 19.7 Å². The van der Waals surface area contributed by atoms with E-state index in [1.165, 1.54) is 0 Å². The zero-order valence-corrected chi connectivity index (χ0v) is 18.2. The molecule has 1 N–H and O–H groups in total. The van der Waals surface area contributed by atoms with Crippen molar-refractivity contribution in [1.29, 1.82) is 0 Å². The molecular weight excluding hydrogens is 404 g/mol. The second kappa shape index (κ2) is 9.56. The molecule has 0 aromatic heterocycles. The molecule has 2 amide bonds. The number of aryl methyl sites for hydroxylation is 1. The standard InChI is InChI=1S/C26H26N2O4/c1-3-19-10-7-11-22(14-19)31-17-25(29)27-21-12-13-23-24(15-21)32-18(2)26(30)28(23)16-20-8-5-4-6-9-20/h4-15,18H,3,16-17H2,1-2H3,(H,27,29). The molecule has 1 unspecified atom stereocenters. The highest BCUT2D eigenvalue weighted by molar-refractivity contribution is 6.00. The minimum atomic E-state index is -0.605. The van der Waals surface area contributed by atoms with Crippen molar-refractivity contribution in [1.82, 2.24) is 0 Å². The number of carbonyl (C=O) groups excluding carboxylic acids is 2. The third kappa shape index (κ3) is 4.91. The van der Waals surface area contributed by atoms with Crippen LogP contribution in [0.3, 0.4) is 0 Å². The number of rotatable bonds is 7. The maximum Gasteiger partial charge on any atom is 0.268 e. The number of ether oxygens (including phenoxy) is 2. The summed E-state index contributed by atoms with van der Waals surface area (Å²) in [5, 5.41) is 2.83. The van der Waals surface area contributed by atoms with E-state index in [1.54, 1.807) is 30.0 Å². The zero-order valence-electron chi connectivity index (χ0n) is 18.2. The molecule has 4 rings (SSSR count). The highest BCUT2D eigenvalue weighted by Crippen LogP contribution is 2.37. The first-order chi connectivity index (χ1) is 15.5. The topological polar surface area (TPSA) is 67.9 Å². The number of nitrogens with zero attached hydrogens (tertiary/aromatic N) is 1. The summed E-state index contributed by atoms with van der Waals surface area (Å²) in [6, 6.07) is 22.8. The van der Waals surface area contributed by atoms with E-state index in [4.69, 9.17) is 9.47 Å². The third-order valence-electron chi connectivity index (χ3n) is 5.31. The van der Waals surface area contributed by atoms with Gasteiger partial charge in [0.25, 0.3) is 11.8 Å². The maximum absolute atomic E-state index is 12.7. The Labute approximate surface area is 187 Å². The summed E-state index contributed by atoms with van der Waals surface area (Å²) in [6.45, 7) is 4.16. The number of hydrogen-bond donors (Lipinski definition) is 1. The number of benzene rings is 3. The molecule has 1 aliphatic heterocycles. The highest BCUT2D eigenvalue weighted by Gasteiger charge is 2.31. The first-order valence-electron chi connectivity index (χ1n) is 10.7. The number of fused-ring (bicyclic) bond motifs is 1. The fourth-order valence-corrected chi connectivity index (χ4v) is 3.62. The van der Waals surface area contributed by atoms with Crippen LogP contribution in [-0.2, 0) is 22.6 Å². The number of nitrogens with one attached hydrogen (secondary N) is 1. The summed E-state index contributed by atoms with van der Waals surface area (Å²) in [5.74, 6) is 0.855. The van der Waals surface area contributed by atoms with Crippen molar-refractivity contribution in [2.45, 2.75) is 32.9 Å².